The summed E-state index contributed by atoms with van der Waals surface area (Å²) in [6, 6.07) is 21.5. The number of para-hydroxylation sites is 1. The largest absolute Gasteiger partial charge is 0.372 e. The standard InChI is InChI=1S/C27H29N3O3S/c1-20-18-21-8-3-4-11-26(21)30(20)34(32,33)25-10-7-9-22(19-25)27(31)28-23-12-14-24(15-13-23)29-16-5-2-6-17-29/h3-4,7-15,19-20H,2,5-6,16-18H2,1H3,(H,28,31). The first kappa shape index (κ1) is 22.5. The third-order valence-corrected chi connectivity index (χ3v) is 8.57. The molecule has 0 aliphatic carbocycles. The first-order valence-corrected chi connectivity index (χ1v) is 13.3. The van der Waals surface area contributed by atoms with Crippen molar-refractivity contribution in [3.63, 3.8) is 0 Å². The Hall–Kier alpha value is -3.32. The second-order valence-electron chi connectivity index (χ2n) is 9.06. The Morgan fingerprint density at radius 1 is 0.912 bits per heavy atom. The molecule has 2 aliphatic heterocycles. The minimum absolute atomic E-state index is 0.115. The summed E-state index contributed by atoms with van der Waals surface area (Å²) in [6.07, 6.45) is 4.37. The number of rotatable bonds is 5. The Labute approximate surface area is 201 Å². The third kappa shape index (κ3) is 4.28. The van der Waals surface area contributed by atoms with Crippen LogP contribution in [-0.2, 0) is 16.4 Å². The van der Waals surface area contributed by atoms with E-state index in [1.165, 1.54) is 29.6 Å². The molecule has 2 aliphatic rings. The molecule has 6 nitrogen and oxygen atoms in total. The van der Waals surface area contributed by atoms with Gasteiger partial charge in [0.25, 0.3) is 15.9 Å². The van der Waals surface area contributed by atoms with Crippen molar-refractivity contribution in [3.8, 4) is 0 Å². The van der Waals surface area contributed by atoms with E-state index in [1.807, 2.05) is 55.5 Å². The van der Waals surface area contributed by atoms with Gasteiger partial charge in [-0.25, -0.2) is 8.42 Å². The van der Waals surface area contributed by atoms with E-state index in [4.69, 9.17) is 0 Å². The van der Waals surface area contributed by atoms with Gasteiger partial charge in [0.1, 0.15) is 0 Å². The molecule has 1 N–H and O–H groups in total. The van der Waals surface area contributed by atoms with Crippen LogP contribution in [0.2, 0.25) is 0 Å². The van der Waals surface area contributed by atoms with Crippen molar-refractivity contribution in [1.29, 1.82) is 0 Å². The fourth-order valence-corrected chi connectivity index (χ4v) is 6.66. The van der Waals surface area contributed by atoms with Crippen LogP contribution in [0.4, 0.5) is 17.1 Å². The van der Waals surface area contributed by atoms with Gasteiger partial charge >= 0.3 is 0 Å². The highest BCUT2D eigenvalue weighted by molar-refractivity contribution is 7.92. The third-order valence-electron chi connectivity index (χ3n) is 6.64. The minimum Gasteiger partial charge on any atom is -0.372 e. The first-order chi connectivity index (χ1) is 16.4. The number of piperidine rings is 1. The maximum Gasteiger partial charge on any atom is 0.264 e. The summed E-state index contributed by atoms with van der Waals surface area (Å²) in [6.45, 7) is 4.03. The van der Waals surface area contributed by atoms with Gasteiger partial charge < -0.3 is 10.2 Å². The summed E-state index contributed by atoms with van der Waals surface area (Å²) in [7, 11) is -3.80. The molecule has 1 fully saturated rings. The highest BCUT2D eigenvalue weighted by atomic mass is 32.2. The number of nitrogens with zero attached hydrogens (tertiary/aromatic N) is 2. The number of fused-ring (bicyclic) bond motifs is 1. The average Bonchev–Trinajstić information content (AvgIpc) is 3.21. The molecule has 0 aromatic heterocycles. The summed E-state index contributed by atoms with van der Waals surface area (Å²) >= 11 is 0. The van der Waals surface area contributed by atoms with E-state index in [0.29, 0.717) is 23.4 Å². The van der Waals surface area contributed by atoms with Crippen LogP contribution < -0.4 is 14.5 Å². The van der Waals surface area contributed by atoms with Gasteiger partial charge in [-0.2, -0.15) is 0 Å². The van der Waals surface area contributed by atoms with Gasteiger partial charge in [-0.05, 0) is 86.7 Å². The van der Waals surface area contributed by atoms with Crippen LogP contribution in [0.5, 0.6) is 0 Å². The van der Waals surface area contributed by atoms with Crippen LogP contribution in [0, 0.1) is 0 Å². The van der Waals surface area contributed by atoms with Gasteiger partial charge in [-0.3, -0.25) is 9.10 Å². The van der Waals surface area contributed by atoms with Crippen LogP contribution in [0.25, 0.3) is 0 Å². The second-order valence-corrected chi connectivity index (χ2v) is 10.9. The van der Waals surface area contributed by atoms with Crippen molar-refractivity contribution in [3.05, 3.63) is 83.9 Å². The number of sulfonamides is 1. The molecule has 1 unspecified atom stereocenters. The van der Waals surface area contributed by atoms with Crippen LogP contribution in [0.3, 0.4) is 0 Å². The van der Waals surface area contributed by atoms with Crippen LogP contribution in [-0.4, -0.2) is 33.5 Å². The quantitative estimate of drug-likeness (QED) is 0.559. The van der Waals surface area contributed by atoms with E-state index in [-0.39, 0.29) is 16.8 Å². The smallest absolute Gasteiger partial charge is 0.264 e. The molecule has 2 heterocycles. The number of anilines is 3. The minimum atomic E-state index is -3.80. The fraction of sp³-hybridized carbons (Fsp3) is 0.296. The summed E-state index contributed by atoms with van der Waals surface area (Å²) < 4.78 is 28.5. The highest BCUT2D eigenvalue weighted by Crippen LogP contribution is 2.36. The number of amides is 1. The highest BCUT2D eigenvalue weighted by Gasteiger charge is 2.36. The maximum atomic E-state index is 13.5. The molecule has 7 heteroatoms. The van der Waals surface area contributed by atoms with Crippen molar-refractivity contribution in [2.45, 2.75) is 43.5 Å². The summed E-state index contributed by atoms with van der Waals surface area (Å²) in [5, 5.41) is 2.90. The Morgan fingerprint density at radius 3 is 2.41 bits per heavy atom. The number of hydrogen-bond donors (Lipinski definition) is 1. The Balaban J connectivity index is 1.34. The molecule has 3 aromatic carbocycles. The molecule has 1 amide bonds. The van der Waals surface area contributed by atoms with Gasteiger partial charge in [0, 0.05) is 36.1 Å². The van der Waals surface area contributed by atoms with Gasteiger partial charge in [-0.1, -0.05) is 24.3 Å². The van der Waals surface area contributed by atoms with Gasteiger partial charge in [0.15, 0.2) is 0 Å². The van der Waals surface area contributed by atoms with Crippen LogP contribution in [0.1, 0.15) is 42.1 Å². The number of benzene rings is 3. The summed E-state index contributed by atoms with van der Waals surface area (Å²) in [5.74, 6) is -0.336. The average molecular weight is 476 g/mol. The summed E-state index contributed by atoms with van der Waals surface area (Å²) in [4.78, 5) is 15.4. The van der Waals surface area contributed by atoms with E-state index < -0.39 is 10.0 Å². The van der Waals surface area contributed by atoms with E-state index in [0.717, 1.165) is 24.3 Å². The van der Waals surface area contributed by atoms with Crippen molar-refractivity contribution in [2.75, 3.05) is 27.6 Å². The normalized spacial score (nSPS) is 18.0. The second kappa shape index (κ2) is 9.14. The molecule has 0 spiro atoms. The van der Waals surface area contributed by atoms with Crippen LogP contribution in [0.15, 0.2) is 77.7 Å². The van der Waals surface area contributed by atoms with Crippen molar-refractivity contribution < 1.29 is 13.2 Å². The number of hydrogen-bond acceptors (Lipinski definition) is 4. The van der Waals surface area contributed by atoms with E-state index >= 15 is 0 Å². The predicted molar refractivity (Wildman–Crippen MR) is 136 cm³/mol. The van der Waals surface area contributed by atoms with E-state index in [2.05, 4.69) is 10.2 Å². The summed E-state index contributed by atoms with van der Waals surface area (Å²) in [5.41, 5.74) is 3.87. The maximum absolute atomic E-state index is 13.5. The molecule has 176 valence electrons. The zero-order valence-corrected chi connectivity index (χ0v) is 20.1. The van der Waals surface area contributed by atoms with Crippen molar-refractivity contribution in [2.24, 2.45) is 0 Å². The molecule has 0 radical (unpaired) electrons. The molecule has 0 bridgehead atoms. The monoisotopic (exact) mass is 475 g/mol. The molecular formula is C27H29N3O3S. The molecule has 0 saturated carbocycles. The Bertz CT molecular complexity index is 1300. The lowest BCUT2D eigenvalue weighted by Crippen LogP contribution is -2.35. The molecule has 3 aromatic rings. The zero-order valence-electron chi connectivity index (χ0n) is 19.3. The van der Waals surface area contributed by atoms with E-state index in [9.17, 15) is 13.2 Å². The Morgan fingerprint density at radius 2 is 1.65 bits per heavy atom. The van der Waals surface area contributed by atoms with Gasteiger partial charge in [-0.15, -0.1) is 0 Å². The molecular weight excluding hydrogens is 446 g/mol. The first-order valence-electron chi connectivity index (χ1n) is 11.8. The molecule has 1 saturated heterocycles. The van der Waals surface area contributed by atoms with Crippen LogP contribution >= 0.6 is 0 Å². The van der Waals surface area contributed by atoms with Crippen molar-refractivity contribution in [1.82, 2.24) is 0 Å². The lowest BCUT2D eigenvalue weighted by atomic mass is 10.1. The fourth-order valence-electron chi connectivity index (χ4n) is 4.93. The molecule has 34 heavy (non-hydrogen) atoms. The lowest BCUT2D eigenvalue weighted by Gasteiger charge is -2.28. The molecule has 1 atom stereocenters. The number of nitrogens with one attached hydrogen (secondary N) is 1. The van der Waals surface area contributed by atoms with E-state index in [1.54, 1.807) is 18.2 Å². The molecule has 5 rings (SSSR count). The van der Waals surface area contributed by atoms with Gasteiger partial charge in [0.2, 0.25) is 0 Å². The van der Waals surface area contributed by atoms with Crippen molar-refractivity contribution >= 4 is 33.0 Å². The topological polar surface area (TPSA) is 69.7 Å². The SMILES string of the molecule is CC1Cc2ccccc2N1S(=O)(=O)c1cccc(C(=O)Nc2ccc(N3CCCCC3)cc2)c1. The lowest BCUT2D eigenvalue weighted by molar-refractivity contribution is 0.102. The Kier molecular flexibility index (Phi) is 6.04. The number of carbonyl (C=O) groups is 1. The van der Waals surface area contributed by atoms with Gasteiger partial charge in [0.05, 0.1) is 10.6 Å². The predicted octanol–water partition coefficient (Wildman–Crippen LogP) is 5.07. The zero-order chi connectivity index (χ0) is 23.7. The number of carbonyl (C=O) groups excluding carboxylic acids is 1.